The molecule has 0 unspecified atom stereocenters. The van der Waals surface area contributed by atoms with Gasteiger partial charge in [-0.25, -0.2) is 0 Å². The molecule has 0 bridgehead atoms. The van der Waals surface area contributed by atoms with Crippen molar-refractivity contribution < 1.29 is 4.79 Å². The van der Waals surface area contributed by atoms with Crippen LogP contribution in [0.3, 0.4) is 0 Å². The molecule has 1 aliphatic heterocycles. The van der Waals surface area contributed by atoms with Crippen LogP contribution in [-0.2, 0) is 4.79 Å². The minimum absolute atomic E-state index is 0.0665. The summed E-state index contributed by atoms with van der Waals surface area (Å²) in [5, 5.41) is 9.64. The molecule has 3 N–H and O–H groups in total. The van der Waals surface area contributed by atoms with Crippen LogP contribution >= 0.6 is 0 Å². The van der Waals surface area contributed by atoms with E-state index >= 15 is 0 Å². The normalized spacial score (nSPS) is 17.7. The quantitative estimate of drug-likeness (QED) is 0.295. The third-order valence-electron chi connectivity index (χ3n) is 3.92. The Morgan fingerprint density at radius 1 is 1.26 bits per heavy atom. The number of amides is 1. The van der Waals surface area contributed by atoms with Crippen molar-refractivity contribution in [3.63, 3.8) is 0 Å². The molecule has 0 aromatic rings. The summed E-state index contributed by atoms with van der Waals surface area (Å²) in [4.78, 5) is 18.4. The maximum Gasteiger partial charge on any atom is 0.225 e. The van der Waals surface area contributed by atoms with E-state index in [0.717, 1.165) is 38.4 Å². The summed E-state index contributed by atoms with van der Waals surface area (Å²) in [6.07, 6.45) is 4.17. The van der Waals surface area contributed by atoms with E-state index in [-0.39, 0.29) is 11.3 Å². The van der Waals surface area contributed by atoms with Gasteiger partial charge < -0.3 is 16.0 Å². The zero-order chi connectivity index (χ0) is 17.3. The number of carbonyl (C=O) groups excluding carboxylic acids is 1. The number of guanidine groups is 1. The first kappa shape index (κ1) is 19.5. The average molecular weight is 323 g/mol. The molecule has 1 amide bonds. The zero-order valence-electron chi connectivity index (χ0n) is 15.1. The van der Waals surface area contributed by atoms with Crippen LogP contribution in [-0.4, -0.2) is 62.6 Å². The standard InChI is InChI=1S/C17H33N5O/c1-6-11-22-12-7-14(8-13-22)21-16(18-5)20-10-9-19-15(23)17(2,3)4/h6,14H,1,7-13H2,2-5H3,(H,19,23)(H2,18,20,21). The van der Waals surface area contributed by atoms with Gasteiger partial charge in [0.2, 0.25) is 5.91 Å². The molecule has 1 fully saturated rings. The van der Waals surface area contributed by atoms with Gasteiger partial charge in [0.05, 0.1) is 0 Å². The summed E-state index contributed by atoms with van der Waals surface area (Å²) in [6.45, 7) is 13.9. The molecule has 0 spiro atoms. The molecule has 1 aliphatic rings. The van der Waals surface area contributed by atoms with Gasteiger partial charge in [-0.1, -0.05) is 26.8 Å². The highest BCUT2D eigenvalue weighted by Crippen LogP contribution is 2.12. The fourth-order valence-corrected chi connectivity index (χ4v) is 2.45. The Balaban J connectivity index is 2.23. The van der Waals surface area contributed by atoms with E-state index in [1.165, 1.54) is 0 Å². The topological polar surface area (TPSA) is 68.8 Å². The molecule has 0 aromatic heterocycles. The van der Waals surface area contributed by atoms with Crippen molar-refractivity contribution in [1.29, 1.82) is 0 Å². The lowest BCUT2D eigenvalue weighted by molar-refractivity contribution is -0.128. The van der Waals surface area contributed by atoms with Crippen molar-refractivity contribution in [3.05, 3.63) is 12.7 Å². The van der Waals surface area contributed by atoms with Crippen LogP contribution in [0.25, 0.3) is 0 Å². The number of hydrogen-bond acceptors (Lipinski definition) is 3. The lowest BCUT2D eigenvalue weighted by Crippen LogP contribution is -2.50. The minimum atomic E-state index is -0.348. The van der Waals surface area contributed by atoms with E-state index in [1.807, 2.05) is 26.8 Å². The number of hydrogen-bond donors (Lipinski definition) is 3. The first-order chi connectivity index (χ1) is 10.9. The second-order valence-electron chi connectivity index (χ2n) is 7.01. The van der Waals surface area contributed by atoms with Gasteiger partial charge in [0.1, 0.15) is 0 Å². The van der Waals surface area contributed by atoms with E-state index < -0.39 is 0 Å². The summed E-state index contributed by atoms with van der Waals surface area (Å²) < 4.78 is 0. The molecular weight excluding hydrogens is 290 g/mol. The van der Waals surface area contributed by atoms with Crippen LogP contribution in [0.1, 0.15) is 33.6 Å². The molecule has 6 nitrogen and oxygen atoms in total. The van der Waals surface area contributed by atoms with Gasteiger partial charge in [0.25, 0.3) is 0 Å². The van der Waals surface area contributed by atoms with Gasteiger partial charge in [0, 0.05) is 51.2 Å². The molecule has 6 heteroatoms. The predicted molar refractivity (Wildman–Crippen MR) is 96.6 cm³/mol. The van der Waals surface area contributed by atoms with Crippen LogP contribution in [0.4, 0.5) is 0 Å². The molecule has 0 radical (unpaired) electrons. The Kier molecular flexibility index (Phi) is 8.09. The highest BCUT2D eigenvalue weighted by molar-refractivity contribution is 5.82. The van der Waals surface area contributed by atoms with Gasteiger partial charge in [-0.15, -0.1) is 6.58 Å². The van der Waals surface area contributed by atoms with E-state index in [2.05, 4.69) is 32.4 Å². The number of carbonyl (C=O) groups is 1. The first-order valence-corrected chi connectivity index (χ1v) is 8.45. The number of aliphatic imine (C=N–C) groups is 1. The molecule has 0 aromatic carbocycles. The summed E-state index contributed by atoms with van der Waals surface area (Å²) in [5.41, 5.74) is -0.348. The van der Waals surface area contributed by atoms with Crippen LogP contribution in [0.5, 0.6) is 0 Å². The Hall–Kier alpha value is -1.56. The highest BCUT2D eigenvalue weighted by Gasteiger charge is 2.21. The van der Waals surface area contributed by atoms with E-state index in [4.69, 9.17) is 0 Å². The van der Waals surface area contributed by atoms with Crippen molar-refractivity contribution in [2.24, 2.45) is 10.4 Å². The molecule has 0 aliphatic carbocycles. The van der Waals surface area contributed by atoms with Gasteiger partial charge >= 0.3 is 0 Å². The molecule has 1 rings (SSSR count). The van der Waals surface area contributed by atoms with Crippen LogP contribution in [0.15, 0.2) is 17.6 Å². The maximum atomic E-state index is 11.8. The second kappa shape index (κ2) is 9.55. The lowest BCUT2D eigenvalue weighted by Gasteiger charge is -2.32. The van der Waals surface area contributed by atoms with Gasteiger partial charge in [0.15, 0.2) is 5.96 Å². The van der Waals surface area contributed by atoms with E-state index in [1.54, 1.807) is 7.05 Å². The molecule has 0 saturated carbocycles. The van der Waals surface area contributed by atoms with Gasteiger partial charge in [-0.05, 0) is 12.8 Å². The first-order valence-electron chi connectivity index (χ1n) is 8.45. The van der Waals surface area contributed by atoms with Crippen LogP contribution in [0, 0.1) is 5.41 Å². The highest BCUT2D eigenvalue weighted by atomic mass is 16.2. The lowest BCUT2D eigenvalue weighted by atomic mass is 9.96. The van der Waals surface area contributed by atoms with E-state index in [9.17, 15) is 4.79 Å². The fraction of sp³-hybridized carbons (Fsp3) is 0.765. The third kappa shape index (κ3) is 7.50. The molecule has 0 atom stereocenters. The summed E-state index contributed by atoms with van der Waals surface area (Å²) in [7, 11) is 1.77. The summed E-state index contributed by atoms with van der Waals surface area (Å²) in [6, 6.07) is 0.450. The summed E-state index contributed by atoms with van der Waals surface area (Å²) >= 11 is 0. The van der Waals surface area contributed by atoms with Crippen molar-refractivity contribution in [2.45, 2.75) is 39.7 Å². The third-order valence-corrected chi connectivity index (χ3v) is 3.92. The second-order valence-corrected chi connectivity index (χ2v) is 7.01. The predicted octanol–water partition coefficient (Wildman–Crippen LogP) is 0.964. The van der Waals surface area contributed by atoms with Crippen LogP contribution in [0.2, 0.25) is 0 Å². The van der Waals surface area contributed by atoms with Gasteiger partial charge in [-0.3, -0.25) is 14.7 Å². The van der Waals surface area contributed by atoms with Crippen LogP contribution < -0.4 is 16.0 Å². The number of likely N-dealkylation sites (tertiary alicyclic amines) is 1. The number of nitrogens with one attached hydrogen (secondary N) is 3. The fourth-order valence-electron chi connectivity index (χ4n) is 2.45. The smallest absolute Gasteiger partial charge is 0.225 e. The van der Waals surface area contributed by atoms with Crippen molar-refractivity contribution >= 4 is 11.9 Å². The Labute approximate surface area is 140 Å². The Bertz CT molecular complexity index is 406. The van der Waals surface area contributed by atoms with Crippen molar-refractivity contribution in [3.8, 4) is 0 Å². The molecule has 1 saturated heterocycles. The molecule has 1 heterocycles. The monoisotopic (exact) mass is 323 g/mol. The zero-order valence-corrected chi connectivity index (χ0v) is 15.1. The number of nitrogens with zero attached hydrogens (tertiary/aromatic N) is 2. The Morgan fingerprint density at radius 2 is 1.87 bits per heavy atom. The number of rotatable bonds is 6. The van der Waals surface area contributed by atoms with Gasteiger partial charge in [-0.2, -0.15) is 0 Å². The minimum Gasteiger partial charge on any atom is -0.355 e. The maximum absolute atomic E-state index is 11.8. The SMILES string of the molecule is C=CCN1CCC(NC(=NC)NCCNC(=O)C(C)(C)C)CC1. The Morgan fingerprint density at radius 3 is 2.39 bits per heavy atom. The largest absolute Gasteiger partial charge is 0.355 e. The summed E-state index contributed by atoms with van der Waals surface area (Å²) in [5.74, 6) is 0.869. The van der Waals surface area contributed by atoms with Crippen molar-refractivity contribution in [2.75, 3.05) is 39.8 Å². The average Bonchev–Trinajstić information content (AvgIpc) is 2.51. The van der Waals surface area contributed by atoms with Crippen molar-refractivity contribution in [1.82, 2.24) is 20.9 Å². The molecule has 23 heavy (non-hydrogen) atoms. The number of piperidine rings is 1. The van der Waals surface area contributed by atoms with E-state index in [0.29, 0.717) is 19.1 Å². The molecular formula is C17H33N5O. The molecule has 132 valence electrons.